The van der Waals surface area contributed by atoms with Crippen molar-refractivity contribution in [3.8, 4) is 0 Å². The number of rotatable bonds is 51. The summed E-state index contributed by atoms with van der Waals surface area (Å²) in [4.78, 5) is 26.2. The lowest BCUT2D eigenvalue weighted by Gasteiger charge is -2.24. The average Bonchev–Trinajstić information content (AvgIpc) is 3.30. The maximum Gasteiger partial charge on any atom is 0.306 e. The first-order chi connectivity index (χ1) is 32.0. The summed E-state index contributed by atoms with van der Waals surface area (Å²) in [7, 11) is 0. The first-order valence-electron chi connectivity index (χ1n) is 28.4. The molecular formula is C59H109NO5. The topological polar surface area (TPSA) is 95.9 Å². The van der Waals surface area contributed by atoms with Crippen molar-refractivity contribution < 1.29 is 24.5 Å². The van der Waals surface area contributed by atoms with E-state index in [0.717, 1.165) is 83.5 Å². The van der Waals surface area contributed by atoms with Gasteiger partial charge >= 0.3 is 5.97 Å². The molecule has 6 heteroatoms. The molecule has 6 nitrogen and oxygen atoms in total. The van der Waals surface area contributed by atoms with E-state index in [1.54, 1.807) is 0 Å². The molecule has 0 saturated heterocycles. The highest BCUT2D eigenvalue weighted by atomic mass is 16.5. The maximum absolute atomic E-state index is 13.2. The van der Waals surface area contributed by atoms with Crippen LogP contribution in [-0.2, 0) is 14.3 Å². The third-order valence-corrected chi connectivity index (χ3v) is 12.9. The van der Waals surface area contributed by atoms with Crippen molar-refractivity contribution in [2.75, 3.05) is 6.61 Å². The Labute approximate surface area is 404 Å². The van der Waals surface area contributed by atoms with Crippen LogP contribution < -0.4 is 5.32 Å². The molecule has 0 saturated carbocycles. The summed E-state index contributed by atoms with van der Waals surface area (Å²) in [6.45, 7) is 6.47. The summed E-state index contributed by atoms with van der Waals surface area (Å²) in [5, 5.41) is 23.9. The van der Waals surface area contributed by atoms with Gasteiger partial charge in [0, 0.05) is 6.42 Å². The Bertz CT molecular complexity index is 1110. The van der Waals surface area contributed by atoms with Crippen LogP contribution in [0.1, 0.15) is 290 Å². The fourth-order valence-electron chi connectivity index (χ4n) is 8.60. The van der Waals surface area contributed by atoms with Crippen molar-refractivity contribution >= 4 is 11.9 Å². The summed E-state index contributed by atoms with van der Waals surface area (Å²) in [6.07, 6.45) is 64.6. The number of allylic oxidation sites excluding steroid dienone is 8. The summed E-state index contributed by atoms with van der Waals surface area (Å²) in [5.74, 6) is -0.518. The van der Waals surface area contributed by atoms with Crippen LogP contribution in [0.3, 0.4) is 0 Å². The summed E-state index contributed by atoms with van der Waals surface area (Å²) in [6, 6.07) is -0.716. The number of aliphatic hydroxyl groups excluding tert-OH is 2. The molecule has 65 heavy (non-hydrogen) atoms. The van der Waals surface area contributed by atoms with Gasteiger partial charge in [-0.1, -0.05) is 249 Å². The number of nitrogens with one attached hydrogen (secondary N) is 1. The van der Waals surface area contributed by atoms with Crippen LogP contribution in [0.5, 0.6) is 0 Å². The summed E-state index contributed by atoms with van der Waals surface area (Å²) < 4.78 is 5.93. The van der Waals surface area contributed by atoms with Gasteiger partial charge in [0.1, 0.15) is 6.10 Å². The van der Waals surface area contributed by atoms with Gasteiger partial charge in [-0.05, 0) is 77.0 Å². The van der Waals surface area contributed by atoms with Crippen molar-refractivity contribution in [1.29, 1.82) is 0 Å². The smallest absolute Gasteiger partial charge is 0.306 e. The van der Waals surface area contributed by atoms with Crippen LogP contribution in [0.2, 0.25) is 0 Å². The van der Waals surface area contributed by atoms with Gasteiger partial charge in [-0.15, -0.1) is 0 Å². The van der Waals surface area contributed by atoms with Gasteiger partial charge in [-0.2, -0.15) is 0 Å². The molecule has 0 aliphatic rings. The summed E-state index contributed by atoms with van der Waals surface area (Å²) >= 11 is 0. The number of ether oxygens (including phenoxy) is 1. The van der Waals surface area contributed by atoms with E-state index in [4.69, 9.17) is 4.74 Å². The van der Waals surface area contributed by atoms with E-state index < -0.39 is 18.2 Å². The highest BCUT2D eigenvalue weighted by Gasteiger charge is 2.24. The standard InChI is InChI=1S/C59H109NO5/c1-4-7-10-13-16-19-22-25-27-29-31-34-36-39-42-45-48-51-57(62)56(54-61)60-58(63)53-55(50-47-44-41-38-35-33-30-28-26-23-20-17-14-11-8-5-2)65-59(64)52-49-46-43-40-37-32-24-21-18-15-12-9-6-3/h23,26,28,30,32-33,35,37,55-57,61-62H,4-22,24-25,27,29,31,34,36,38-54H2,1-3H3,(H,60,63)/b26-23+,30-28+,35-33+,37-32-. The van der Waals surface area contributed by atoms with Gasteiger partial charge in [0.2, 0.25) is 5.91 Å². The number of aliphatic hydroxyl groups is 2. The molecule has 0 aromatic heterocycles. The zero-order valence-electron chi connectivity index (χ0n) is 43.4. The molecule has 0 bridgehead atoms. The fraction of sp³-hybridized carbons (Fsp3) is 0.831. The summed E-state index contributed by atoms with van der Waals surface area (Å²) in [5.41, 5.74) is 0. The lowest BCUT2D eigenvalue weighted by Crippen LogP contribution is -2.46. The van der Waals surface area contributed by atoms with E-state index >= 15 is 0 Å². The third kappa shape index (κ3) is 48.1. The maximum atomic E-state index is 13.2. The van der Waals surface area contributed by atoms with E-state index in [0.29, 0.717) is 19.3 Å². The zero-order chi connectivity index (χ0) is 47.4. The highest BCUT2D eigenvalue weighted by Crippen LogP contribution is 2.18. The largest absolute Gasteiger partial charge is 0.462 e. The molecule has 1 amide bonds. The minimum Gasteiger partial charge on any atom is -0.462 e. The van der Waals surface area contributed by atoms with Crippen LogP contribution in [0.15, 0.2) is 48.6 Å². The molecule has 0 fully saturated rings. The Morgan fingerprint density at radius 1 is 0.446 bits per heavy atom. The molecule has 0 heterocycles. The van der Waals surface area contributed by atoms with Gasteiger partial charge in [0.15, 0.2) is 0 Å². The Morgan fingerprint density at radius 3 is 1.23 bits per heavy atom. The molecule has 0 aliphatic heterocycles. The first kappa shape index (κ1) is 62.8. The molecule has 3 unspecified atom stereocenters. The Balaban J connectivity index is 4.60. The molecule has 3 atom stereocenters. The predicted octanol–water partition coefficient (Wildman–Crippen LogP) is 17.4. The Morgan fingerprint density at radius 2 is 0.800 bits per heavy atom. The average molecular weight is 913 g/mol. The molecule has 0 rings (SSSR count). The van der Waals surface area contributed by atoms with Crippen LogP contribution in [0.25, 0.3) is 0 Å². The van der Waals surface area contributed by atoms with E-state index in [2.05, 4.69) is 74.7 Å². The van der Waals surface area contributed by atoms with Crippen LogP contribution in [0, 0.1) is 0 Å². The zero-order valence-corrected chi connectivity index (χ0v) is 43.4. The number of amides is 1. The van der Waals surface area contributed by atoms with Crippen molar-refractivity contribution in [3.05, 3.63) is 48.6 Å². The minimum atomic E-state index is -0.800. The number of hydrogen-bond acceptors (Lipinski definition) is 5. The lowest BCUT2D eigenvalue weighted by molar-refractivity contribution is -0.151. The number of carbonyl (C=O) groups is 2. The molecule has 0 spiro atoms. The Hall–Kier alpha value is -2.18. The van der Waals surface area contributed by atoms with Gasteiger partial charge in [0.25, 0.3) is 0 Å². The van der Waals surface area contributed by atoms with E-state index in [1.165, 1.54) is 161 Å². The normalized spacial score (nSPS) is 13.5. The molecule has 0 radical (unpaired) electrons. The second kappa shape index (κ2) is 52.8. The van der Waals surface area contributed by atoms with Crippen molar-refractivity contribution in [2.45, 2.75) is 309 Å². The second-order valence-electron chi connectivity index (χ2n) is 19.4. The number of esters is 1. The van der Waals surface area contributed by atoms with Crippen molar-refractivity contribution in [3.63, 3.8) is 0 Å². The monoisotopic (exact) mass is 912 g/mol. The first-order valence-corrected chi connectivity index (χ1v) is 28.4. The van der Waals surface area contributed by atoms with Crippen LogP contribution in [0.4, 0.5) is 0 Å². The van der Waals surface area contributed by atoms with Crippen LogP contribution in [-0.4, -0.2) is 46.9 Å². The molecular weight excluding hydrogens is 803 g/mol. The van der Waals surface area contributed by atoms with Gasteiger partial charge in [-0.25, -0.2) is 0 Å². The van der Waals surface area contributed by atoms with E-state index in [-0.39, 0.29) is 24.9 Å². The second-order valence-corrected chi connectivity index (χ2v) is 19.4. The van der Waals surface area contributed by atoms with Crippen molar-refractivity contribution in [2.24, 2.45) is 0 Å². The molecule has 3 N–H and O–H groups in total. The molecule has 0 aliphatic carbocycles. The van der Waals surface area contributed by atoms with Gasteiger partial charge in [0.05, 0.1) is 25.2 Å². The lowest BCUT2D eigenvalue weighted by atomic mass is 10.0. The van der Waals surface area contributed by atoms with Crippen molar-refractivity contribution in [1.82, 2.24) is 5.32 Å². The van der Waals surface area contributed by atoms with E-state index in [1.807, 2.05) is 0 Å². The Kier molecular flexibility index (Phi) is 51.0. The molecule has 0 aromatic carbocycles. The fourth-order valence-corrected chi connectivity index (χ4v) is 8.60. The van der Waals surface area contributed by atoms with Gasteiger partial charge < -0.3 is 20.3 Å². The third-order valence-electron chi connectivity index (χ3n) is 12.9. The van der Waals surface area contributed by atoms with E-state index in [9.17, 15) is 19.8 Å². The SMILES string of the molecule is CCCCCCC/C=C/C=C/C=C/CCCCCC(CC(=O)NC(CO)C(O)CCCCCCCCCCCCCCCCCCC)OC(=O)CCCCC/C=C\CCCCCCCC. The van der Waals surface area contributed by atoms with Gasteiger partial charge in [-0.3, -0.25) is 9.59 Å². The predicted molar refractivity (Wildman–Crippen MR) is 282 cm³/mol. The van der Waals surface area contributed by atoms with Crippen LogP contribution >= 0.6 is 0 Å². The molecule has 380 valence electrons. The highest BCUT2D eigenvalue weighted by molar-refractivity contribution is 5.77. The number of unbranched alkanes of at least 4 members (excludes halogenated alkanes) is 33. The number of carbonyl (C=O) groups excluding carboxylic acids is 2. The quantitative estimate of drug-likeness (QED) is 0.0245. The number of hydrogen-bond donors (Lipinski definition) is 3. The minimum absolute atomic E-state index is 0.0500. The molecule has 0 aromatic rings.